The highest BCUT2D eigenvalue weighted by atomic mass is 16.5. The van der Waals surface area contributed by atoms with Crippen molar-refractivity contribution in [3.05, 3.63) is 24.3 Å². The molecule has 0 saturated carbocycles. The second-order valence-corrected chi connectivity index (χ2v) is 23.9. The molecule has 0 spiro atoms. The van der Waals surface area contributed by atoms with Crippen molar-refractivity contribution in [3.63, 3.8) is 0 Å². The van der Waals surface area contributed by atoms with E-state index in [4.69, 9.17) is 4.74 Å². The van der Waals surface area contributed by atoms with Crippen LogP contribution in [0.1, 0.15) is 386 Å². The largest absolute Gasteiger partial charge is 0.466 e. The first-order valence-corrected chi connectivity index (χ1v) is 34.6. The van der Waals surface area contributed by atoms with Gasteiger partial charge in [-0.05, 0) is 57.8 Å². The third-order valence-electron chi connectivity index (χ3n) is 16.2. The number of ether oxygens (including phenoxy) is 1. The highest BCUT2D eigenvalue weighted by Crippen LogP contribution is 2.19. The van der Waals surface area contributed by atoms with E-state index >= 15 is 0 Å². The topological polar surface area (TPSA) is 95.9 Å². The van der Waals surface area contributed by atoms with Gasteiger partial charge in [-0.25, -0.2) is 0 Å². The maximum absolute atomic E-state index is 12.5. The Kier molecular flexibility index (Phi) is 64.4. The summed E-state index contributed by atoms with van der Waals surface area (Å²) in [6.07, 6.45) is 82.5. The lowest BCUT2D eigenvalue weighted by atomic mass is 10.0. The standard InChI is InChI=1S/C70H135NO5/c1-3-5-7-9-11-13-15-17-19-31-36-40-44-48-52-56-60-64-70(75)76-65-61-57-53-49-45-41-37-33-30-28-26-24-22-21-23-25-27-29-32-35-39-43-47-51-55-59-63-69(74)71-67(66-72)68(73)62-58-54-50-46-42-38-34-20-18-16-14-12-10-8-6-4-2/h17,19,58,62,67-68,72-73H,3-16,18,20-57,59-61,63-66H2,1-2H3,(H,71,74)/b19-17-,62-58+. The van der Waals surface area contributed by atoms with Crippen molar-refractivity contribution in [2.24, 2.45) is 0 Å². The van der Waals surface area contributed by atoms with Gasteiger partial charge in [-0.1, -0.05) is 340 Å². The van der Waals surface area contributed by atoms with E-state index in [9.17, 15) is 19.8 Å². The monoisotopic (exact) mass is 1070 g/mol. The molecule has 6 heteroatoms. The second kappa shape index (κ2) is 65.9. The third kappa shape index (κ3) is 61.6. The molecule has 0 saturated heterocycles. The van der Waals surface area contributed by atoms with Crippen LogP contribution in [0.15, 0.2) is 24.3 Å². The number of nitrogens with one attached hydrogen (secondary N) is 1. The number of rotatable bonds is 65. The Morgan fingerprint density at radius 3 is 0.934 bits per heavy atom. The normalized spacial score (nSPS) is 12.6. The maximum Gasteiger partial charge on any atom is 0.305 e. The minimum atomic E-state index is -0.843. The summed E-state index contributed by atoms with van der Waals surface area (Å²) < 4.78 is 5.50. The molecule has 0 aromatic heterocycles. The van der Waals surface area contributed by atoms with Crippen LogP contribution < -0.4 is 5.32 Å². The van der Waals surface area contributed by atoms with E-state index in [1.807, 2.05) is 6.08 Å². The van der Waals surface area contributed by atoms with Gasteiger partial charge in [0, 0.05) is 12.8 Å². The van der Waals surface area contributed by atoms with E-state index < -0.39 is 12.1 Å². The molecule has 0 aliphatic carbocycles. The number of allylic oxidation sites excluding steroid dienone is 3. The fraction of sp³-hybridized carbons (Fsp3) is 0.914. The average molecular weight is 1070 g/mol. The molecule has 2 unspecified atom stereocenters. The summed E-state index contributed by atoms with van der Waals surface area (Å²) in [7, 11) is 0. The van der Waals surface area contributed by atoms with Crippen molar-refractivity contribution in [1.82, 2.24) is 5.32 Å². The maximum atomic E-state index is 12.5. The Morgan fingerprint density at radius 2 is 0.618 bits per heavy atom. The summed E-state index contributed by atoms with van der Waals surface area (Å²) in [5, 5.41) is 23.2. The van der Waals surface area contributed by atoms with Crippen LogP contribution in [0.4, 0.5) is 0 Å². The molecule has 2 atom stereocenters. The molecule has 0 aliphatic heterocycles. The van der Waals surface area contributed by atoms with Gasteiger partial charge in [-0.2, -0.15) is 0 Å². The highest BCUT2D eigenvalue weighted by Gasteiger charge is 2.18. The van der Waals surface area contributed by atoms with Gasteiger partial charge >= 0.3 is 5.97 Å². The van der Waals surface area contributed by atoms with Gasteiger partial charge in [0.25, 0.3) is 0 Å². The van der Waals surface area contributed by atoms with E-state index in [1.165, 1.54) is 315 Å². The van der Waals surface area contributed by atoms with Gasteiger partial charge in [-0.15, -0.1) is 0 Å². The average Bonchev–Trinajstić information content (AvgIpc) is 3.42. The van der Waals surface area contributed by atoms with Crippen LogP contribution in [0, 0.1) is 0 Å². The van der Waals surface area contributed by atoms with E-state index in [2.05, 4.69) is 31.3 Å². The number of esters is 1. The Labute approximate surface area is 475 Å². The molecule has 0 aliphatic rings. The van der Waals surface area contributed by atoms with Crippen molar-refractivity contribution in [3.8, 4) is 0 Å². The van der Waals surface area contributed by atoms with Crippen molar-refractivity contribution < 1.29 is 24.5 Å². The third-order valence-corrected chi connectivity index (χ3v) is 16.2. The molecule has 0 rings (SSSR count). The Bertz CT molecular complexity index is 1190. The number of carbonyl (C=O) groups excluding carboxylic acids is 2. The molecule has 0 aromatic rings. The number of aliphatic hydroxyl groups is 2. The molecule has 0 fully saturated rings. The van der Waals surface area contributed by atoms with E-state index in [1.54, 1.807) is 6.08 Å². The van der Waals surface area contributed by atoms with Crippen molar-refractivity contribution in [2.45, 2.75) is 398 Å². The zero-order valence-electron chi connectivity index (χ0n) is 51.5. The molecular weight excluding hydrogens is 935 g/mol. The second-order valence-electron chi connectivity index (χ2n) is 23.9. The number of unbranched alkanes of at least 4 members (excludes halogenated alkanes) is 52. The Morgan fingerprint density at radius 1 is 0.355 bits per heavy atom. The van der Waals surface area contributed by atoms with Gasteiger partial charge in [0.05, 0.1) is 25.4 Å². The van der Waals surface area contributed by atoms with Crippen LogP contribution in [0.3, 0.4) is 0 Å². The van der Waals surface area contributed by atoms with Crippen molar-refractivity contribution in [1.29, 1.82) is 0 Å². The smallest absolute Gasteiger partial charge is 0.305 e. The molecular formula is C70H135NO5. The Balaban J connectivity index is 3.36. The van der Waals surface area contributed by atoms with Gasteiger partial charge in [-0.3, -0.25) is 9.59 Å². The summed E-state index contributed by atoms with van der Waals surface area (Å²) in [6.45, 7) is 4.93. The van der Waals surface area contributed by atoms with Crippen LogP contribution in [0.5, 0.6) is 0 Å². The van der Waals surface area contributed by atoms with E-state index in [-0.39, 0.29) is 18.5 Å². The minimum Gasteiger partial charge on any atom is -0.466 e. The number of hydrogen-bond donors (Lipinski definition) is 3. The molecule has 0 bridgehead atoms. The molecule has 0 heterocycles. The number of aliphatic hydroxyl groups excluding tert-OH is 2. The molecule has 0 aromatic carbocycles. The molecule has 1 amide bonds. The summed E-state index contributed by atoms with van der Waals surface area (Å²) >= 11 is 0. The molecule has 6 nitrogen and oxygen atoms in total. The predicted octanol–water partition coefficient (Wildman–Crippen LogP) is 22.1. The minimum absolute atomic E-state index is 0.0142. The number of carbonyl (C=O) groups is 2. The van der Waals surface area contributed by atoms with E-state index in [0.717, 1.165) is 44.9 Å². The fourth-order valence-electron chi connectivity index (χ4n) is 10.9. The van der Waals surface area contributed by atoms with Crippen molar-refractivity contribution in [2.75, 3.05) is 13.2 Å². The van der Waals surface area contributed by atoms with Crippen LogP contribution in [-0.2, 0) is 14.3 Å². The van der Waals surface area contributed by atoms with Crippen LogP contribution >= 0.6 is 0 Å². The zero-order valence-corrected chi connectivity index (χ0v) is 51.5. The quantitative estimate of drug-likeness (QED) is 0.0320. The molecule has 76 heavy (non-hydrogen) atoms. The Hall–Kier alpha value is -1.66. The van der Waals surface area contributed by atoms with Gasteiger partial charge in [0.2, 0.25) is 5.91 Å². The SMILES string of the molecule is CCCCCCCC/C=C\CCCCCCCCCC(=O)OCCCCCCCCCCCCCCCCCCCCCCCCCCCCC(=O)NC(CO)C(O)/C=C/CCCCCCCCCCCCCCCC. The van der Waals surface area contributed by atoms with Crippen molar-refractivity contribution >= 4 is 11.9 Å². The fourth-order valence-corrected chi connectivity index (χ4v) is 10.9. The highest BCUT2D eigenvalue weighted by molar-refractivity contribution is 5.76. The lowest BCUT2D eigenvalue weighted by Crippen LogP contribution is -2.45. The van der Waals surface area contributed by atoms with Gasteiger partial charge in [0.1, 0.15) is 0 Å². The molecule has 0 radical (unpaired) electrons. The predicted molar refractivity (Wildman–Crippen MR) is 333 cm³/mol. The summed E-state index contributed by atoms with van der Waals surface area (Å²) in [5.74, 6) is -0.0488. The van der Waals surface area contributed by atoms with Crippen LogP contribution in [-0.4, -0.2) is 47.4 Å². The summed E-state index contributed by atoms with van der Waals surface area (Å²) in [6, 6.07) is -0.626. The summed E-state index contributed by atoms with van der Waals surface area (Å²) in [4.78, 5) is 24.6. The van der Waals surface area contributed by atoms with Crippen LogP contribution in [0.2, 0.25) is 0 Å². The van der Waals surface area contributed by atoms with E-state index in [0.29, 0.717) is 19.4 Å². The van der Waals surface area contributed by atoms with Gasteiger partial charge in [0.15, 0.2) is 0 Å². The number of hydrogen-bond acceptors (Lipinski definition) is 5. The molecule has 3 N–H and O–H groups in total. The lowest BCUT2D eigenvalue weighted by Gasteiger charge is -2.20. The molecule has 450 valence electrons. The zero-order chi connectivity index (χ0) is 55.0. The first-order chi connectivity index (χ1) is 37.5. The number of amides is 1. The van der Waals surface area contributed by atoms with Gasteiger partial charge < -0.3 is 20.3 Å². The first-order valence-electron chi connectivity index (χ1n) is 34.6. The first kappa shape index (κ1) is 74.3. The summed E-state index contributed by atoms with van der Waals surface area (Å²) in [5.41, 5.74) is 0. The lowest BCUT2D eigenvalue weighted by molar-refractivity contribution is -0.143. The van der Waals surface area contributed by atoms with Crippen LogP contribution in [0.25, 0.3) is 0 Å².